The smallest absolute Gasteiger partial charge is 0.422 e. The van der Waals surface area contributed by atoms with Gasteiger partial charge in [-0.2, -0.15) is 22.5 Å². The first-order valence-electron chi connectivity index (χ1n) is 5.23. The molecule has 118 valence electrons. The first kappa shape index (κ1) is 17.6. The number of nitrogen functional groups attached to an aromatic ring is 1. The minimum atomic E-state index is -4.68. The molecule has 0 aromatic carbocycles. The highest BCUT2D eigenvalue weighted by atomic mass is 35.5. The normalized spacial score (nSPS) is 12.9. The molecule has 5 nitrogen and oxygen atoms in total. The van der Waals surface area contributed by atoms with Crippen molar-refractivity contribution in [2.45, 2.75) is 19.2 Å². The van der Waals surface area contributed by atoms with E-state index >= 15 is 0 Å². The molecule has 0 unspecified atom stereocenters. The van der Waals surface area contributed by atoms with E-state index in [2.05, 4.69) is 9.72 Å². The van der Waals surface area contributed by atoms with Crippen molar-refractivity contribution in [3.63, 3.8) is 0 Å². The zero-order chi connectivity index (χ0) is 16.4. The molecular weight excluding hydrogens is 343 g/mol. The van der Waals surface area contributed by atoms with E-state index in [0.717, 1.165) is 6.92 Å². The monoisotopic (exact) mass is 350 g/mol. The lowest BCUT2D eigenvalue weighted by molar-refractivity contribution is -0.190. The molecule has 0 aliphatic heterocycles. The summed E-state index contributed by atoms with van der Waals surface area (Å²) < 4.78 is 57.7. The van der Waals surface area contributed by atoms with Crippen LogP contribution >= 0.6 is 23.2 Å². The molecule has 0 amide bonds. The van der Waals surface area contributed by atoms with Crippen molar-refractivity contribution in [2.24, 2.45) is 0 Å². The average molecular weight is 351 g/mol. The second-order valence-corrected chi connectivity index (χ2v) is 4.49. The first-order valence-corrected chi connectivity index (χ1v) is 5.98. The van der Waals surface area contributed by atoms with Gasteiger partial charge >= 0.3 is 12.1 Å². The SMILES string of the molecule is C[C@@H](Oc1nc(F)c(Cl)c(N)c1Cl)C(=O)OCC(F)(F)F. The van der Waals surface area contributed by atoms with Gasteiger partial charge in [0.15, 0.2) is 12.7 Å². The van der Waals surface area contributed by atoms with Crippen LogP contribution < -0.4 is 10.5 Å². The summed E-state index contributed by atoms with van der Waals surface area (Å²) in [6.45, 7) is -0.711. The number of alkyl halides is 3. The van der Waals surface area contributed by atoms with Gasteiger partial charge in [-0.25, -0.2) is 4.79 Å². The first-order chi connectivity index (χ1) is 9.53. The summed E-state index contributed by atoms with van der Waals surface area (Å²) in [6.07, 6.45) is -6.19. The zero-order valence-corrected chi connectivity index (χ0v) is 11.8. The standard InChI is InChI=1S/C10H8Cl2F4N2O3/c1-3(9(19)20-2-10(14,15)16)21-8-5(12)6(17)4(11)7(13)18-8/h3H,2H2,1H3,(H2,17,18)/t3-/m1/s1. The summed E-state index contributed by atoms with van der Waals surface area (Å²) in [7, 11) is 0. The van der Waals surface area contributed by atoms with Crippen LogP contribution in [0.4, 0.5) is 23.2 Å². The Kier molecular flexibility index (Phi) is 5.46. The Hall–Kier alpha value is -1.48. The van der Waals surface area contributed by atoms with Crippen LogP contribution in [-0.2, 0) is 9.53 Å². The largest absolute Gasteiger partial charge is 0.461 e. The Bertz CT molecular complexity index is 554. The number of carbonyl (C=O) groups is 1. The van der Waals surface area contributed by atoms with E-state index in [1.54, 1.807) is 0 Å². The molecule has 0 saturated heterocycles. The molecule has 0 radical (unpaired) electrons. The molecule has 0 fully saturated rings. The van der Waals surface area contributed by atoms with E-state index in [4.69, 9.17) is 33.7 Å². The van der Waals surface area contributed by atoms with Gasteiger partial charge in [-0.05, 0) is 6.92 Å². The number of anilines is 1. The summed E-state index contributed by atoms with van der Waals surface area (Å²) in [4.78, 5) is 14.5. The molecule has 0 bridgehead atoms. The van der Waals surface area contributed by atoms with Crippen LogP contribution in [0.2, 0.25) is 10.0 Å². The number of esters is 1. The highest BCUT2D eigenvalue weighted by molar-refractivity contribution is 6.39. The van der Waals surface area contributed by atoms with Crippen LogP contribution in [0.3, 0.4) is 0 Å². The van der Waals surface area contributed by atoms with Gasteiger partial charge in [0.25, 0.3) is 0 Å². The maximum absolute atomic E-state index is 13.2. The number of nitrogens with two attached hydrogens (primary N) is 1. The summed E-state index contributed by atoms with van der Waals surface area (Å²) in [5.74, 6) is -3.13. The Morgan fingerprint density at radius 2 is 1.95 bits per heavy atom. The number of aromatic nitrogens is 1. The lowest BCUT2D eigenvalue weighted by atomic mass is 10.4. The summed E-state index contributed by atoms with van der Waals surface area (Å²) in [5.41, 5.74) is 4.98. The Morgan fingerprint density at radius 3 is 2.48 bits per heavy atom. The molecule has 21 heavy (non-hydrogen) atoms. The molecule has 1 rings (SSSR count). The molecule has 0 aliphatic rings. The Morgan fingerprint density at radius 1 is 1.38 bits per heavy atom. The summed E-state index contributed by atoms with van der Waals surface area (Å²) >= 11 is 11.1. The molecule has 0 aliphatic carbocycles. The molecule has 1 aromatic rings. The van der Waals surface area contributed by atoms with Crippen molar-refractivity contribution in [3.05, 3.63) is 16.0 Å². The fraction of sp³-hybridized carbons (Fsp3) is 0.400. The number of halogens is 6. The summed E-state index contributed by atoms with van der Waals surface area (Å²) in [5, 5.41) is -0.920. The van der Waals surface area contributed by atoms with Crippen molar-refractivity contribution in [2.75, 3.05) is 12.3 Å². The van der Waals surface area contributed by atoms with Gasteiger partial charge in [0.05, 0.1) is 5.69 Å². The van der Waals surface area contributed by atoms with Gasteiger partial charge in [0, 0.05) is 0 Å². The number of hydrogen-bond donors (Lipinski definition) is 1. The average Bonchev–Trinajstić information content (AvgIpc) is 2.38. The van der Waals surface area contributed by atoms with Gasteiger partial charge in [-0.3, -0.25) is 0 Å². The number of hydrogen-bond acceptors (Lipinski definition) is 5. The van der Waals surface area contributed by atoms with Crippen molar-refractivity contribution in [1.82, 2.24) is 4.98 Å². The highest BCUT2D eigenvalue weighted by Gasteiger charge is 2.31. The van der Waals surface area contributed by atoms with E-state index in [0.29, 0.717) is 0 Å². The van der Waals surface area contributed by atoms with Crippen molar-refractivity contribution < 1.29 is 31.8 Å². The quantitative estimate of drug-likeness (QED) is 0.513. The molecular formula is C10H8Cl2F4N2O3. The number of pyridine rings is 1. The number of ether oxygens (including phenoxy) is 2. The lowest BCUT2D eigenvalue weighted by Gasteiger charge is -2.15. The maximum atomic E-state index is 13.2. The van der Waals surface area contributed by atoms with Crippen LogP contribution in [0.25, 0.3) is 0 Å². The van der Waals surface area contributed by atoms with Gasteiger partial charge < -0.3 is 15.2 Å². The predicted octanol–water partition coefficient (Wildman–Crippen LogP) is 2.98. The van der Waals surface area contributed by atoms with Crippen molar-refractivity contribution in [1.29, 1.82) is 0 Å². The second kappa shape index (κ2) is 6.52. The third kappa shape index (κ3) is 4.78. The van der Waals surface area contributed by atoms with Crippen molar-refractivity contribution >= 4 is 34.9 Å². The topological polar surface area (TPSA) is 74.4 Å². The van der Waals surface area contributed by atoms with E-state index in [1.807, 2.05) is 0 Å². The molecule has 0 saturated carbocycles. The molecule has 1 aromatic heterocycles. The van der Waals surface area contributed by atoms with Crippen molar-refractivity contribution in [3.8, 4) is 5.88 Å². The lowest BCUT2D eigenvalue weighted by Crippen LogP contribution is -2.30. The predicted molar refractivity (Wildman–Crippen MR) is 65.7 cm³/mol. The number of rotatable bonds is 4. The van der Waals surface area contributed by atoms with Gasteiger partial charge in [-0.15, -0.1) is 0 Å². The Labute approximate surface area is 125 Å². The van der Waals surface area contributed by atoms with E-state index in [1.165, 1.54) is 0 Å². The number of nitrogens with zero attached hydrogens (tertiary/aromatic N) is 1. The van der Waals surface area contributed by atoms with Gasteiger partial charge in [0.1, 0.15) is 10.0 Å². The van der Waals surface area contributed by atoms with Crippen LogP contribution in [0.15, 0.2) is 0 Å². The highest BCUT2D eigenvalue weighted by Crippen LogP contribution is 2.35. The molecule has 1 heterocycles. The fourth-order valence-corrected chi connectivity index (χ4v) is 1.44. The van der Waals surface area contributed by atoms with E-state index < -0.39 is 41.7 Å². The van der Waals surface area contributed by atoms with Crippen LogP contribution in [0.1, 0.15) is 6.92 Å². The van der Waals surface area contributed by atoms with E-state index in [9.17, 15) is 22.4 Å². The van der Waals surface area contributed by atoms with Gasteiger partial charge in [0.2, 0.25) is 11.8 Å². The van der Waals surface area contributed by atoms with Crippen LogP contribution in [0, 0.1) is 5.95 Å². The summed E-state index contributed by atoms with van der Waals surface area (Å²) in [6, 6.07) is 0. The van der Waals surface area contributed by atoms with Crippen LogP contribution in [0.5, 0.6) is 5.88 Å². The van der Waals surface area contributed by atoms with Crippen LogP contribution in [-0.4, -0.2) is 29.8 Å². The fourth-order valence-electron chi connectivity index (χ4n) is 1.07. The second-order valence-electron chi connectivity index (χ2n) is 3.73. The Balaban J connectivity index is 2.80. The number of carbonyl (C=O) groups excluding carboxylic acids is 1. The minimum absolute atomic E-state index is 0.378. The third-order valence-corrected chi connectivity index (χ3v) is 2.76. The molecule has 11 heteroatoms. The molecule has 0 spiro atoms. The van der Waals surface area contributed by atoms with Gasteiger partial charge in [-0.1, -0.05) is 23.2 Å². The maximum Gasteiger partial charge on any atom is 0.422 e. The minimum Gasteiger partial charge on any atom is -0.461 e. The zero-order valence-electron chi connectivity index (χ0n) is 10.3. The molecule has 1 atom stereocenters. The third-order valence-electron chi connectivity index (χ3n) is 2.04. The van der Waals surface area contributed by atoms with E-state index in [-0.39, 0.29) is 10.7 Å². The molecule has 2 N–H and O–H groups in total.